The van der Waals surface area contributed by atoms with E-state index in [2.05, 4.69) is 30.2 Å². The Morgan fingerprint density at radius 3 is 2.78 bits per heavy atom. The zero-order valence-corrected chi connectivity index (χ0v) is 18.1. The molecule has 1 aliphatic rings. The molecule has 1 aliphatic heterocycles. The Morgan fingerprint density at radius 1 is 1.30 bits per heavy atom. The number of aromatic nitrogens is 2. The number of aliphatic imine (C=N–C) groups is 1. The number of nitrogens with zero attached hydrogens (tertiary/aromatic N) is 5. The summed E-state index contributed by atoms with van der Waals surface area (Å²) in [5.74, 6) is 1.58. The number of piperazine rings is 1. The molecule has 0 spiro atoms. The van der Waals surface area contributed by atoms with Crippen LogP contribution in [-0.2, 0) is 13.1 Å². The minimum Gasteiger partial charge on any atom is -0.478 e. The van der Waals surface area contributed by atoms with E-state index in [0.29, 0.717) is 19.0 Å². The van der Waals surface area contributed by atoms with Crippen LogP contribution in [-0.4, -0.2) is 65.7 Å². The summed E-state index contributed by atoms with van der Waals surface area (Å²) in [6.45, 7) is 7.79. The van der Waals surface area contributed by atoms with Crippen molar-refractivity contribution in [1.29, 1.82) is 0 Å². The molecule has 0 bridgehead atoms. The van der Waals surface area contributed by atoms with Gasteiger partial charge in [-0.1, -0.05) is 11.2 Å². The molecule has 0 atom stereocenters. The predicted octanol–water partition coefficient (Wildman–Crippen LogP) is 1.98. The summed E-state index contributed by atoms with van der Waals surface area (Å²) in [4.78, 5) is 13.4. The second-order valence-corrected chi connectivity index (χ2v) is 6.06. The molecule has 3 rings (SSSR count). The van der Waals surface area contributed by atoms with E-state index >= 15 is 0 Å². The molecule has 9 heteroatoms. The monoisotopic (exact) mass is 486 g/mol. The number of hydrogen-bond acceptors (Lipinski definition) is 6. The van der Waals surface area contributed by atoms with Crippen molar-refractivity contribution in [2.45, 2.75) is 20.0 Å². The van der Waals surface area contributed by atoms with Gasteiger partial charge in [-0.15, -0.1) is 24.0 Å². The van der Waals surface area contributed by atoms with E-state index < -0.39 is 0 Å². The molecule has 1 N–H and O–H groups in total. The Hall–Kier alpha value is -1.88. The second kappa shape index (κ2) is 11.1. The van der Waals surface area contributed by atoms with Gasteiger partial charge in [-0.3, -0.25) is 9.89 Å². The van der Waals surface area contributed by atoms with Crippen molar-refractivity contribution in [1.82, 2.24) is 25.3 Å². The third-order valence-electron chi connectivity index (χ3n) is 4.33. The van der Waals surface area contributed by atoms with Crippen LogP contribution in [0.5, 0.6) is 5.88 Å². The average Bonchev–Trinajstić information content (AvgIpc) is 3.18. The molecular weight excluding hydrogens is 459 g/mol. The largest absolute Gasteiger partial charge is 0.478 e. The van der Waals surface area contributed by atoms with Gasteiger partial charge in [0.15, 0.2) is 5.96 Å². The van der Waals surface area contributed by atoms with E-state index in [9.17, 15) is 0 Å². The Balaban J connectivity index is 0.00000261. The van der Waals surface area contributed by atoms with Crippen LogP contribution in [0.3, 0.4) is 0 Å². The zero-order valence-electron chi connectivity index (χ0n) is 15.8. The maximum absolute atomic E-state index is 5.59. The van der Waals surface area contributed by atoms with Crippen LogP contribution in [0.1, 0.15) is 18.2 Å². The van der Waals surface area contributed by atoms with Crippen LogP contribution in [0.15, 0.2) is 40.2 Å². The smallest absolute Gasteiger partial charge is 0.218 e. The van der Waals surface area contributed by atoms with E-state index in [-0.39, 0.29) is 24.0 Å². The first kappa shape index (κ1) is 21.4. The van der Waals surface area contributed by atoms with E-state index in [4.69, 9.17) is 9.26 Å². The number of ether oxygens (including phenoxy) is 1. The van der Waals surface area contributed by atoms with Gasteiger partial charge in [-0.2, -0.15) is 0 Å². The molecule has 0 radical (unpaired) electrons. The average molecular weight is 486 g/mol. The van der Waals surface area contributed by atoms with E-state index in [1.807, 2.05) is 32.2 Å². The van der Waals surface area contributed by atoms with Gasteiger partial charge in [0, 0.05) is 64.1 Å². The summed E-state index contributed by atoms with van der Waals surface area (Å²) in [5.41, 5.74) is 2.00. The van der Waals surface area contributed by atoms with Gasteiger partial charge in [0.05, 0.1) is 12.3 Å². The van der Waals surface area contributed by atoms with Crippen LogP contribution in [0, 0.1) is 0 Å². The lowest BCUT2D eigenvalue weighted by molar-refractivity contribution is 0.169. The molecule has 1 fully saturated rings. The highest BCUT2D eigenvalue weighted by atomic mass is 127. The lowest BCUT2D eigenvalue weighted by Gasteiger charge is -2.36. The maximum atomic E-state index is 5.59. The van der Waals surface area contributed by atoms with Crippen LogP contribution < -0.4 is 10.1 Å². The molecule has 0 aliphatic carbocycles. The van der Waals surface area contributed by atoms with E-state index in [0.717, 1.165) is 49.9 Å². The quantitative estimate of drug-likeness (QED) is 0.380. The van der Waals surface area contributed by atoms with Crippen molar-refractivity contribution in [3.05, 3.63) is 41.9 Å². The Bertz CT molecular complexity index is 702. The van der Waals surface area contributed by atoms with Crippen molar-refractivity contribution in [2.75, 3.05) is 39.8 Å². The lowest BCUT2D eigenvalue weighted by atomic mass is 10.2. The van der Waals surface area contributed by atoms with Crippen LogP contribution in [0.2, 0.25) is 0 Å². The molecule has 2 aromatic heterocycles. The molecule has 0 saturated carbocycles. The molecule has 1 saturated heterocycles. The van der Waals surface area contributed by atoms with E-state index in [1.54, 1.807) is 12.5 Å². The van der Waals surface area contributed by atoms with E-state index in [1.165, 1.54) is 0 Å². The minimum absolute atomic E-state index is 0. The topological polar surface area (TPSA) is 79.0 Å². The minimum atomic E-state index is 0. The van der Waals surface area contributed by atoms with Gasteiger partial charge in [0.2, 0.25) is 5.88 Å². The number of halogens is 1. The third kappa shape index (κ3) is 6.06. The summed E-state index contributed by atoms with van der Waals surface area (Å²) >= 11 is 0. The summed E-state index contributed by atoms with van der Waals surface area (Å²) in [6, 6.07) is 5.86. The van der Waals surface area contributed by atoms with Crippen molar-refractivity contribution < 1.29 is 9.26 Å². The second-order valence-electron chi connectivity index (χ2n) is 6.06. The molecule has 0 amide bonds. The van der Waals surface area contributed by atoms with Crippen LogP contribution >= 0.6 is 24.0 Å². The molecule has 0 unspecified atom stereocenters. The highest BCUT2D eigenvalue weighted by Crippen LogP contribution is 2.14. The van der Waals surface area contributed by atoms with Crippen molar-refractivity contribution in [3.63, 3.8) is 0 Å². The Morgan fingerprint density at radius 2 is 2.11 bits per heavy atom. The summed E-state index contributed by atoms with van der Waals surface area (Å²) in [5, 5.41) is 7.41. The number of nitrogens with one attached hydrogen (secondary N) is 1. The summed E-state index contributed by atoms with van der Waals surface area (Å²) < 4.78 is 10.5. The molecule has 27 heavy (non-hydrogen) atoms. The summed E-state index contributed by atoms with van der Waals surface area (Å²) in [7, 11) is 1.82. The number of guanidine groups is 1. The maximum Gasteiger partial charge on any atom is 0.218 e. The fourth-order valence-electron chi connectivity index (χ4n) is 3.00. The SMILES string of the molecule is CCOc1ncccc1CNC(=NC)N1CCN(Cc2ccon2)CC1.I. The van der Waals surface area contributed by atoms with Crippen LogP contribution in [0.25, 0.3) is 0 Å². The van der Waals surface area contributed by atoms with Gasteiger partial charge in [0.1, 0.15) is 6.26 Å². The first-order valence-electron chi connectivity index (χ1n) is 8.94. The van der Waals surface area contributed by atoms with Crippen molar-refractivity contribution >= 4 is 29.9 Å². The summed E-state index contributed by atoms with van der Waals surface area (Å²) in [6.07, 6.45) is 3.36. The first-order chi connectivity index (χ1) is 12.8. The first-order valence-corrected chi connectivity index (χ1v) is 8.94. The van der Waals surface area contributed by atoms with Gasteiger partial charge in [-0.05, 0) is 13.0 Å². The predicted molar refractivity (Wildman–Crippen MR) is 114 cm³/mol. The van der Waals surface area contributed by atoms with Gasteiger partial charge in [-0.25, -0.2) is 4.98 Å². The molecule has 8 nitrogen and oxygen atoms in total. The molecular formula is C18H27IN6O2. The molecule has 0 aromatic carbocycles. The van der Waals surface area contributed by atoms with Gasteiger partial charge >= 0.3 is 0 Å². The Kier molecular flexibility index (Phi) is 8.79. The standard InChI is InChI=1S/C18H26N6O2.HI/c1-3-25-17-15(5-4-7-20-17)13-21-18(19-2)24-10-8-23(9-11-24)14-16-6-12-26-22-16;/h4-7,12H,3,8-11,13-14H2,1-2H3,(H,19,21);1H. The van der Waals surface area contributed by atoms with Crippen LogP contribution in [0.4, 0.5) is 0 Å². The zero-order chi connectivity index (χ0) is 18.2. The Labute approximate surface area is 177 Å². The normalized spacial score (nSPS) is 15.3. The fraction of sp³-hybridized carbons (Fsp3) is 0.500. The van der Waals surface area contributed by atoms with Gasteiger partial charge < -0.3 is 19.5 Å². The highest BCUT2D eigenvalue weighted by molar-refractivity contribution is 14.0. The molecule has 148 valence electrons. The lowest BCUT2D eigenvalue weighted by Crippen LogP contribution is -2.52. The number of hydrogen-bond donors (Lipinski definition) is 1. The highest BCUT2D eigenvalue weighted by Gasteiger charge is 2.20. The number of pyridine rings is 1. The van der Waals surface area contributed by atoms with Gasteiger partial charge in [0.25, 0.3) is 0 Å². The molecule has 2 aromatic rings. The van der Waals surface area contributed by atoms with Crippen molar-refractivity contribution in [3.8, 4) is 5.88 Å². The third-order valence-corrected chi connectivity index (χ3v) is 4.33. The van der Waals surface area contributed by atoms with Crippen molar-refractivity contribution in [2.24, 2.45) is 4.99 Å². The number of rotatable bonds is 6. The fourth-order valence-corrected chi connectivity index (χ4v) is 3.00. The molecule has 3 heterocycles.